The maximum Gasteiger partial charge on any atom is 0.573 e. The Kier molecular flexibility index (Phi) is 5.04. The zero-order valence-corrected chi connectivity index (χ0v) is 13.6. The van der Waals surface area contributed by atoms with Crippen LogP contribution in [0.25, 0.3) is 0 Å². The van der Waals surface area contributed by atoms with Crippen molar-refractivity contribution >= 4 is 6.02 Å². The van der Waals surface area contributed by atoms with E-state index in [2.05, 4.69) is 9.73 Å². The van der Waals surface area contributed by atoms with Crippen LogP contribution in [0.15, 0.2) is 41.3 Å². The first kappa shape index (κ1) is 19.1. The number of aliphatic hydroxyl groups is 2. The van der Waals surface area contributed by atoms with E-state index in [0.29, 0.717) is 10.5 Å². The van der Waals surface area contributed by atoms with E-state index in [4.69, 9.17) is 4.74 Å². The zero-order chi connectivity index (χ0) is 19.8. The first-order valence-electron chi connectivity index (χ1n) is 7.82. The largest absolute Gasteiger partial charge is 0.573 e. The molecular weight excluding hydrogens is 375 g/mol. The molecule has 12 heteroatoms. The van der Waals surface area contributed by atoms with Crippen molar-refractivity contribution in [2.45, 2.75) is 31.1 Å². The first-order valence-corrected chi connectivity index (χ1v) is 7.82. The molecule has 3 rings (SSSR count). The molecule has 0 aromatic heterocycles. The van der Waals surface area contributed by atoms with Crippen LogP contribution in [-0.4, -0.2) is 46.3 Å². The summed E-state index contributed by atoms with van der Waals surface area (Å²) in [6, 6.07) is 4.67. The Labute approximate surface area is 150 Å². The second-order valence-electron chi connectivity index (χ2n) is 6.00. The maximum atomic E-state index is 12.2. The molecule has 1 aromatic rings. The summed E-state index contributed by atoms with van der Waals surface area (Å²) in [5, 5.41) is 31.2. The van der Waals surface area contributed by atoms with Gasteiger partial charge in [-0.2, -0.15) is 4.90 Å². The molecule has 0 spiro atoms. The maximum absolute atomic E-state index is 12.2. The van der Waals surface area contributed by atoms with Gasteiger partial charge >= 0.3 is 18.2 Å². The molecule has 0 aliphatic carbocycles. The fourth-order valence-electron chi connectivity index (χ4n) is 2.80. The number of alkyl halides is 3. The summed E-state index contributed by atoms with van der Waals surface area (Å²) in [4.78, 5) is 14.2. The lowest BCUT2D eigenvalue weighted by Gasteiger charge is -2.29. The number of hydrogen-bond donors (Lipinski definition) is 3. The fourth-order valence-corrected chi connectivity index (χ4v) is 2.80. The van der Waals surface area contributed by atoms with Crippen molar-refractivity contribution in [1.29, 1.82) is 0 Å². The van der Waals surface area contributed by atoms with Crippen molar-refractivity contribution in [1.82, 2.24) is 0 Å². The van der Waals surface area contributed by atoms with E-state index in [-0.39, 0.29) is 19.0 Å². The number of amidine groups is 1. The highest BCUT2D eigenvalue weighted by Crippen LogP contribution is 2.27. The van der Waals surface area contributed by atoms with E-state index >= 15 is 0 Å². The second kappa shape index (κ2) is 7.13. The van der Waals surface area contributed by atoms with Crippen molar-refractivity contribution in [2.24, 2.45) is 4.99 Å². The average Bonchev–Trinajstić information content (AvgIpc) is 2.97. The Morgan fingerprint density at radius 2 is 2.07 bits per heavy atom. The molecule has 0 amide bonds. The Morgan fingerprint density at radius 3 is 2.67 bits per heavy atom. The summed E-state index contributed by atoms with van der Waals surface area (Å²) in [7, 11) is 0. The van der Waals surface area contributed by atoms with Crippen molar-refractivity contribution in [3.05, 3.63) is 52.0 Å². The molecule has 1 aromatic carbocycles. The molecule has 1 saturated heterocycles. The van der Waals surface area contributed by atoms with E-state index in [9.17, 15) is 33.5 Å². The van der Waals surface area contributed by atoms with Crippen LogP contribution < -0.4 is 9.64 Å². The number of hydrogen-bond acceptors (Lipinski definition) is 7. The molecule has 2 heterocycles. The monoisotopic (exact) mass is 390 g/mol. The number of benzene rings is 1. The predicted molar refractivity (Wildman–Crippen MR) is 81.9 cm³/mol. The minimum Gasteiger partial charge on any atom is -0.410 e. The number of nitrogens with zero attached hydrogens (tertiary/aromatic N) is 2. The van der Waals surface area contributed by atoms with Gasteiger partial charge in [0.2, 0.25) is 6.20 Å². The van der Waals surface area contributed by atoms with Gasteiger partial charge in [-0.3, -0.25) is 0 Å². The number of aliphatic imine (C=N–C) groups is 1. The fraction of sp³-hybridized carbons (Fsp3) is 0.400. The molecule has 9 nitrogen and oxygen atoms in total. The molecule has 146 valence electrons. The molecule has 1 fully saturated rings. The molecule has 2 aliphatic rings. The van der Waals surface area contributed by atoms with Crippen LogP contribution in [0.2, 0.25) is 0 Å². The lowest BCUT2D eigenvalue weighted by atomic mass is 9.99. The molecule has 27 heavy (non-hydrogen) atoms. The third-order valence-electron chi connectivity index (χ3n) is 4.06. The average molecular weight is 390 g/mol. The molecule has 3 N–H and O–H groups in total. The van der Waals surface area contributed by atoms with Gasteiger partial charge in [-0.1, -0.05) is 12.1 Å². The topological polar surface area (TPSA) is 119 Å². The van der Waals surface area contributed by atoms with Gasteiger partial charge in [-0.05, 0) is 22.6 Å². The van der Waals surface area contributed by atoms with Gasteiger partial charge in [0.05, 0.1) is 11.1 Å². The van der Waals surface area contributed by atoms with Gasteiger partial charge in [-0.25, -0.2) is 0 Å². The van der Waals surface area contributed by atoms with Gasteiger partial charge in [0.15, 0.2) is 0 Å². The molecular formula is C15H15F3N3O6+. The van der Waals surface area contributed by atoms with E-state index in [1.54, 1.807) is 0 Å². The lowest BCUT2D eigenvalue weighted by molar-refractivity contribution is -0.772. The summed E-state index contributed by atoms with van der Waals surface area (Å²) < 4.78 is 45.7. The number of halogens is 3. The minimum atomic E-state index is -4.81. The van der Waals surface area contributed by atoms with Crippen LogP contribution in [0.4, 0.5) is 13.2 Å². The van der Waals surface area contributed by atoms with Crippen LogP contribution in [0.5, 0.6) is 5.75 Å². The SMILES string of the molecule is O=[N+]([O-])C1=C[NH+]2C[C@H](O)[C@H](CC(O)c3ccc(OC(F)(F)F)cc3)OC2=N1. The van der Waals surface area contributed by atoms with Crippen molar-refractivity contribution in [3.8, 4) is 5.75 Å². The number of aliphatic hydroxyl groups excluding tert-OH is 2. The molecule has 0 saturated carbocycles. The number of fused-ring (bicyclic) bond motifs is 1. The zero-order valence-electron chi connectivity index (χ0n) is 13.6. The highest BCUT2D eigenvalue weighted by atomic mass is 19.4. The first-order chi connectivity index (χ1) is 12.6. The quantitative estimate of drug-likeness (QED) is 0.485. The van der Waals surface area contributed by atoms with E-state index in [1.165, 1.54) is 18.3 Å². The summed E-state index contributed by atoms with van der Waals surface area (Å²) in [6.45, 7) is 0.0753. The Balaban J connectivity index is 1.63. The molecule has 4 atom stereocenters. The smallest absolute Gasteiger partial charge is 0.410 e. The van der Waals surface area contributed by atoms with Gasteiger partial charge in [0.1, 0.15) is 24.5 Å². The van der Waals surface area contributed by atoms with Crippen molar-refractivity contribution in [2.75, 3.05) is 6.54 Å². The van der Waals surface area contributed by atoms with Crippen LogP contribution in [0.1, 0.15) is 18.1 Å². The predicted octanol–water partition coefficient (Wildman–Crippen LogP) is 0.0985. The van der Waals surface area contributed by atoms with Crippen LogP contribution in [0, 0.1) is 10.1 Å². The van der Waals surface area contributed by atoms with Gasteiger partial charge in [0.25, 0.3) is 0 Å². The number of nitro groups is 1. The van der Waals surface area contributed by atoms with Gasteiger partial charge < -0.3 is 29.8 Å². The standard InChI is InChI=1S/C15H14F3N3O6/c16-15(17,18)27-9-3-1-8(2-4-9)10(22)5-12-11(23)6-20-7-13(21(24)25)19-14(20)26-12/h1-4,7,10-12,22-23H,5-6H2/p+1/t10?,11-,12-/m0/s1. The molecule has 0 bridgehead atoms. The molecule has 0 radical (unpaired) electrons. The number of nitrogens with one attached hydrogen (secondary N) is 1. The molecule has 2 aliphatic heterocycles. The van der Waals surface area contributed by atoms with Crippen molar-refractivity contribution < 1.29 is 42.7 Å². The van der Waals surface area contributed by atoms with Gasteiger partial charge in [-0.15, -0.1) is 13.2 Å². The van der Waals surface area contributed by atoms with Crippen LogP contribution in [0.3, 0.4) is 0 Å². The minimum absolute atomic E-state index is 0.0260. The summed E-state index contributed by atoms with van der Waals surface area (Å²) in [6.07, 6.45) is -6.73. The Hall–Kier alpha value is -2.70. The number of quaternary nitrogens is 1. The number of ether oxygens (including phenoxy) is 2. The Morgan fingerprint density at radius 1 is 1.41 bits per heavy atom. The van der Waals surface area contributed by atoms with E-state index < -0.39 is 41.2 Å². The highest BCUT2D eigenvalue weighted by molar-refractivity contribution is 5.68. The third-order valence-corrected chi connectivity index (χ3v) is 4.06. The van der Waals surface area contributed by atoms with E-state index in [1.807, 2.05) is 0 Å². The number of rotatable bonds is 5. The van der Waals surface area contributed by atoms with E-state index in [0.717, 1.165) is 12.1 Å². The summed E-state index contributed by atoms with van der Waals surface area (Å²) in [5.74, 6) is -0.820. The third kappa shape index (κ3) is 4.53. The van der Waals surface area contributed by atoms with Gasteiger partial charge in [0, 0.05) is 6.42 Å². The molecule has 2 unspecified atom stereocenters. The lowest BCUT2D eigenvalue weighted by Crippen LogP contribution is -3.13. The van der Waals surface area contributed by atoms with Crippen LogP contribution in [-0.2, 0) is 4.74 Å². The normalized spacial score (nSPS) is 25.7. The summed E-state index contributed by atoms with van der Waals surface area (Å²) >= 11 is 0. The van der Waals surface area contributed by atoms with Crippen molar-refractivity contribution in [3.63, 3.8) is 0 Å². The van der Waals surface area contributed by atoms with Crippen LogP contribution >= 0.6 is 0 Å². The second-order valence-corrected chi connectivity index (χ2v) is 6.00. The Bertz CT molecular complexity index is 780. The summed E-state index contributed by atoms with van der Waals surface area (Å²) in [5.41, 5.74) is 0.299. The highest BCUT2D eigenvalue weighted by Gasteiger charge is 2.46.